The molecule has 242 valence electrons. The average Bonchev–Trinajstić information content (AvgIpc) is 3.64. The summed E-state index contributed by atoms with van der Waals surface area (Å²) >= 11 is 0. The fraction of sp³-hybridized carbons (Fsp3) is 0.742. The van der Waals surface area contributed by atoms with E-state index in [1.54, 1.807) is 12.4 Å². The first-order valence-corrected chi connectivity index (χ1v) is 16.1. The Morgan fingerprint density at radius 2 is 1.84 bits per heavy atom. The molecule has 0 aliphatic carbocycles. The van der Waals surface area contributed by atoms with Crippen LogP contribution in [0.4, 0.5) is 16.8 Å². The van der Waals surface area contributed by atoms with E-state index in [1.807, 2.05) is 30.6 Å². The number of hydrogen-bond acceptors (Lipinski definition) is 11. The largest absolute Gasteiger partial charge is 0.490 e. The van der Waals surface area contributed by atoms with Crippen LogP contribution in [0.1, 0.15) is 91.3 Å². The zero-order valence-corrected chi connectivity index (χ0v) is 26.8. The van der Waals surface area contributed by atoms with Gasteiger partial charge < -0.3 is 34.0 Å². The number of carbonyl (C=O) groups is 2. The third-order valence-electron chi connectivity index (χ3n) is 8.51. The lowest BCUT2D eigenvalue weighted by Crippen LogP contribution is -2.54. The van der Waals surface area contributed by atoms with E-state index in [-0.39, 0.29) is 23.9 Å². The van der Waals surface area contributed by atoms with Crippen molar-refractivity contribution < 1.29 is 23.6 Å². The smallest absolute Gasteiger partial charge is 0.408 e. The molecule has 2 aromatic heterocycles. The van der Waals surface area contributed by atoms with E-state index >= 15 is 0 Å². The number of piperidine rings is 2. The molecule has 0 radical (unpaired) electrons. The molecule has 2 aromatic rings. The predicted octanol–water partition coefficient (Wildman–Crippen LogP) is 4.15. The minimum Gasteiger partial charge on any atom is -0.490 e. The summed E-state index contributed by atoms with van der Waals surface area (Å²) in [5.74, 6) is 2.98. The van der Waals surface area contributed by atoms with E-state index < -0.39 is 11.7 Å². The monoisotopic (exact) mass is 612 g/mol. The van der Waals surface area contributed by atoms with Crippen LogP contribution in [0, 0.1) is 5.92 Å². The second kappa shape index (κ2) is 14.0. The van der Waals surface area contributed by atoms with Crippen LogP contribution in [0.2, 0.25) is 0 Å². The van der Waals surface area contributed by atoms with Gasteiger partial charge in [-0.05, 0) is 65.2 Å². The number of likely N-dealkylation sites (tertiary alicyclic amines) is 1. The van der Waals surface area contributed by atoms with Crippen molar-refractivity contribution in [1.82, 2.24) is 30.3 Å². The second-order valence-corrected chi connectivity index (χ2v) is 13.5. The molecule has 5 heterocycles. The summed E-state index contributed by atoms with van der Waals surface area (Å²) in [7, 11) is 0. The summed E-state index contributed by atoms with van der Waals surface area (Å²) in [4.78, 5) is 45.1. The molecule has 44 heavy (non-hydrogen) atoms. The van der Waals surface area contributed by atoms with Crippen LogP contribution < -0.4 is 19.9 Å². The number of carbonyl (C=O) groups excluding carboxylic acids is 2. The standard InChI is InChI=1S/C31H48N8O5/c1-21(2)27-35-29(44-36-27)37-14-11-22(12-15-37)9-8-16-42-23-17-32-28(33-18-23)38-19-24(34-30(41)43-31(3,4)5)25(20-38)39-13-7-6-10-26(39)40/h17-18,21-22,24-25H,6-16,19-20H2,1-5H3,(H,34,41)/t24-,25-/m0/s1. The summed E-state index contributed by atoms with van der Waals surface area (Å²) in [6.07, 6.45) is 9.57. The Hall–Kier alpha value is -3.64. The van der Waals surface area contributed by atoms with Crippen molar-refractivity contribution in [3.63, 3.8) is 0 Å². The number of ether oxygens (including phenoxy) is 2. The highest BCUT2D eigenvalue weighted by Gasteiger charge is 2.41. The van der Waals surface area contributed by atoms with Gasteiger partial charge in [0.1, 0.15) is 5.60 Å². The van der Waals surface area contributed by atoms with Gasteiger partial charge in [0, 0.05) is 45.1 Å². The average molecular weight is 613 g/mol. The Bertz CT molecular complexity index is 1240. The Kier molecular flexibility index (Phi) is 10.1. The van der Waals surface area contributed by atoms with E-state index in [9.17, 15) is 9.59 Å². The quantitative estimate of drug-likeness (QED) is 0.387. The summed E-state index contributed by atoms with van der Waals surface area (Å²) in [5, 5.41) is 7.09. The Morgan fingerprint density at radius 3 is 2.50 bits per heavy atom. The maximum atomic E-state index is 12.8. The number of rotatable bonds is 10. The molecule has 3 aliphatic rings. The van der Waals surface area contributed by atoms with Crippen LogP contribution in [0.15, 0.2) is 16.9 Å². The summed E-state index contributed by atoms with van der Waals surface area (Å²) in [6.45, 7) is 13.8. The Balaban J connectivity index is 1.08. The van der Waals surface area contributed by atoms with Crippen molar-refractivity contribution in [2.75, 3.05) is 49.1 Å². The summed E-state index contributed by atoms with van der Waals surface area (Å²) in [6, 6.07) is 0.173. The molecule has 0 unspecified atom stereocenters. The van der Waals surface area contributed by atoms with Crippen molar-refractivity contribution in [2.45, 2.75) is 103 Å². The van der Waals surface area contributed by atoms with Gasteiger partial charge in [0.25, 0.3) is 0 Å². The maximum absolute atomic E-state index is 12.8. The van der Waals surface area contributed by atoms with Crippen LogP contribution in [0.25, 0.3) is 0 Å². The van der Waals surface area contributed by atoms with Crippen LogP contribution in [0.5, 0.6) is 5.75 Å². The van der Waals surface area contributed by atoms with Gasteiger partial charge in [0.2, 0.25) is 11.9 Å². The van der Waals surface area contributed by atoms with Gasteiger partial charge in [-0.15, -0.1) is 0 Å². The molecule has 2 atom stereocenters. The molecule has 13 heteroatoms. The van der Waals surface area contributed by atoms with E-state index in [2.05, 4.69) is 44.2 Å². The van der Waals surface area contributed by atoms with Crippen molar-refractivity contribution >= 4 is 24.0 Å². The Labute approximate surface area is 260 Å². The topological polar surface area (TPSA) is 139 Å². The minimum atomic E-state index is -0.608. The number of nitrogens with zero attached hydrogens (tertiary/aromatic N) is 7. The number of anilines is 2. The van der Waals surface area contributed by atoms with Crippen molar-refractivity contribution in [1.29, 1.82) is 0 Å². The summed E-state index contributed by atoms with van der Waals surface area (Å²) in [5.41, 5.74) is -0.608. The minimum absolute atomic E-state index is 0.126. The molecule has 13 nitrogen and oxygen atoms in total. The van der Waals surface area contributed by atoms with Crippen molar-refractivity contribution in [2.24, 2.45) is 5.92 Å². The lowest BCUT2D eigenvalue weighted by molar-refractivity contribution is -0.135. The first kappa shape index (κ1) is 31.8. The van der Waals surface area contributed by atoms with E-state index in [0.29, 0.717) is 56.3 Å². The van der Waals surface area contributed by atoms with Crippen molar-refractivity contribution in [3.8, 4) is 5.75 Å². The third-order valence-corrected chi connectivity index (χ3v) is 8.51. The molecule has 3 aliphatic heterocycles. The van der Waals surface area contributed by atoms with Crippen LogP contribution in [-0.2, 0) is 9.53 Å². The highest BCUT2D eigenvalue weighted by molar-refractivity contribution is 5.78. The zero-order valence-electron chi connectivity index (χ0n) is 26.8. The van der Waals surface area contributed by atoms with Gasteiger partial charge in [0.05, 0.1) is 31.1 Å². The normalized spacial score (nSPS) is 21.7. The van der Waals surface area contributed by atoms with Gasteiger partial charge >= 0.3 is 12.1 Å². The fourth-order valence-corrected chi connectivity index (χ4v) is 6.16. The van der Waals surface area contributed by atoms with Crippen LogP contribution in [0.3, 0.4) is 0 Å². The van der Waals surface area contributed by atoms with Crippen LogP contribution in [-0.4, -0.2) is 94.0 Å². The first-order valence-electron chi connectivity index (χ1n) is 16.1. The molecule has 2 amide bonds. The number of nitrogens with one attached hydrogen (secondary N) is 1. The highest BCUT2D eigenvalue weighted by Crippen LogP contribution is 2.27. The summed E-state index contributed by atoms with van der Waals surface area (Å²) < 4.78 is 16.9. The Morgan fingerprint density at radius 1 is 1.09 bits per heavy atom. The molecule has 3 saturated heterocycles. The molecule has 0 bridgehead atoms. The predicted molar refractivity (Wildman–Crippen MR) is 165 cm³/mol. The van der Waals surface area contributed by atoms with Crippen LogP contribution >= 0.6 is 0 Å². The van der Waals surface area contributed by atoms with E-state index in [1.165, 1.54) is 0 Å². The molecule has 0 saturated carbocycles. The number of aromatic nitrogens is 4. The van der Waals surface area contributed by atoms with Gasteiger partial charge in [0.15, 0.2) is 11.6 Å². The second-order valence-electron chi connectivity index (χ2n) is 13.5. The van der Waals surface area contributed by atoms with E-state index in [4.69, 9.17) is 14.0 Å². The molecule has 3 fully saturated rings. The maximum Gasteiger partial charge on any atom is 0.408 e. The lowest BCUT2D eigenvalue weighted by atomic mass is 9.92. The van der Waals surface area contributed by atoms with E-state index in [0.717, 1.165) is 57.4 Å². The van der Waals surface area contributed by atoms with Crippen molar-refractivity contribution in [3.05, 3.63) is 18.2 Å². The molecule has 0 spiro atoms. The molecular formula is C31H48N8O5. The molecule has 0 aromatic carbocycles. The van der Waals surface area contributed by atoms with Gasteiger partial charge in [-0.2, -0.15) is 4.98 Å². The third kappa shape index (κ3) is 8.29. The van der Waals surface area contributed by atoms with Gasteiger partial charge in [-0.3, -0.25) is 4.79 Å². The number of amides is 2. The fourth-order valence-electron chi connectivity index (χ4n) is 6.16. The first-order chi connectivity index (χ1) is 21.1. The highest BCUT2D eigenvalue weighted by atomic mass is 16.6. The molecule has 5 rings (SSSR count). The number of hydrogen-bond donors (Lipinski definition) is 1. The van der Waals surface area contributed by atoms with Gasteiger partial charge in [-0.25, -0.2) is 14.8 Å². The molecule has 1 N–H and O–H groups in total. The van der Waals surface area contributed by atoms with Gasteiger partial charge in [-0.1, -0.05) is 19.0 Å². The SMILES string of the molecule is CC(C)c1noc(N2CCC(CCCOc3cnc(N4C[C@H](NC(=O)OC(C)(C)C)[C@@H](N5CCCCC5=O)C4)nc3)CC2)n1. The zero-order chi connectivity index (χ0) is 31.3. The number of alkyl carbamates (subject to hydrolysis) is 1. The lowest BCUT2D eigenvalue weighted by Gasteiger charge is -2.35. The molecular weight excluding hydrogens is 564 g/mol.